The van der Waals surface area contributed by atoms with Crippen molar-refractivity contribution in [3.05, 3.63) is 59.7 Å². The van der Waals surface area contributed by atoms with E-state index in [-0.39, 0.29) is 16.5 Å². The van der Waals surface area contributed by atoms with Gasteiger partial charge in [-0.3, -0.25) is 0 Å². The fraction of sp³-hybridized carbons (Fsp3) is 0.316. The monoisotopic (exact) mass is 392 g/mol. The van der Waals surface area contributed by atoms with Crippen LogP contribution in [0.1, 0.15) is 35.8 Å². The number of benzene rings is 2. The van der Waals surface area contributed by atoms with E-state index in [9.17, 15) is 18.3 Å². The van der Waals surface area contributed by atoms with Gasteiger partial charge in [-0.2, -0.15) is 0 Å². The molecule has 0 unspecified atom stereocenters. The second kappa shape index (κ2) is 8.98. The first-order chi connectivity index (χ1) is 12.7. The van der Waals surface area contributed by atoms with Crippen molar-refractivity contribution >= 4 is 21.7 Å². The maximum absolute atomic E-state index is 12.7. The Morgan fingerprint density at radius 2 is 1.81 bits per heavy atom. The molecular formula is C19H24N2O5S. The molecule has 27 heavy (non-hydrogen) atoms. The molecule has 2 atom stereocenters. The summed E-state index contributed by atoms with van der Waals surface area (Å²) < 4.78 is 33.0. The predicted molar refractivity (Wildman–Crippen MR) is 104 cm³/mol. The van der Waals surface area contributed by atoms with Gasteiger partial charge in [0.15, 0.2) is 0 Å². The molecular weight excluding hydrogens is 368 g/mol. The topological polar surface area (TPSA) is 105 Å². The minimum Gasteiger partial charge on any atom is -0.478 e. The van der Waals surface area contributed by atoms with Crippen LogP contribution in [0.5, 0.6) is 0 Å². The summed E-state index contributed by atoms with van der Waals surface area (Å²) in [6.07, 6.45) is 0. The van der Waals surface area contributed by atoms with Crippen LogP contribution in [0.15, 0.2) is 53.4 Å². The van der Waals surface area contributed by atoms with Gasteiger partial charge >= 0.3 is 5.97 Å². The molecule has 146 valence electrons. The van der Waals surface area contributed by atoms with Crippen LogP contribution >= 0.6 is 0 Å². The molecule has 0 spiro atoms. The number of carboxylic acid groups (broad SMARTS) is 1. The Hall–Kier alpha value is -2.42. The Bertz CT molecular complexity index is 884. The van der Waals surface area contributed by atoms with Gasteiger partial charge in [-0.15, -0.1) is 0 Å². The van der Waals surface area contributed by atoms with E-state index in [1.807, 2.05) is 37.3 Å². The number of hydrogen-bond donors (Lipinski definition) is 3. The number of ether oxygens (including phenoxy) is 1. The first-order valence-electron chi connectivity index (χ1n) is 8.44. The first-order valence-corrected chi connectivity index (χ1v) is 9.93. The van der Waals surface area contributed by atoms with E-state index in [1.54, 1.807) is 14.0 Å². The highest BCUT2D eigenvalue weighted by Crippen LogP contribution is 2.23. The largest absolute Gasteiger partial charge is 0.478 e. The van der Waals surface area contributed by atoms with Crippen molar-refractivity contribution in [1.29, 1.82) is 0 Å². The smallest absolute Gasteiger partial charge is 0.337 e. The lowest BCUT2D eigenvalue weighted by Gasteiger charge is -2.18. The number of nitrogens with one attached hydrogen (secondary N) is 2. The fourth-order valence-corrected chi connectivity index (χ4v) is 3.92. The zero-order valence-corrected chi connectivity index (χ0v) is 16.3. The normalized spacial score (nSPS) is 13.7. The van der Waals surface area contributed by atoms with Crippen LogP contribution in [0, 0.1) is 0 Å². The number of carbonyl (C=O) groups is 1. The lowest BCUT2D eigenvalue weighted by molar-refractivity contribution is 0.0697. The van der Waals surface area contributed by atoms with Crippen LogP contribution in [0.25, 0.3) is 0 Å². The molecule has 0 saturated carbocycles. The van der Waals surface area contributed by atoms with Crippen molar-refractivity contribution < 1.29 is 23.1 Å². The molecule has 0 bridgehead atoms. The van der Waals surface area contributed by atoms with Gasteiger partial charge in [-0.1, -0.05) is 30.3 Å². The van der Waals surface area contributed by atoms with Crippen molar-refractivity contribution in [2.75, 3.05) is 19.0 Å². The van der Waals surface area contributed by atoms with Crippen LogP contribution in [-0.2, 0) is 14.8 Å². The molecule has 3 N–H and O–H groups in total. The van der Waals surface area contributed by atoms with Crippen molar-refractivity contribution in [3.8, 4) is 0 Å². The SMILES string of the molecule is COC[C@@H](C)Nc1ccc(S(=O)(=O)N[C@@H](C)c2ccccc2)cc1C(=O)O. The Morgan fingerprint density at radius 1 is 1.15 bits per heavy atom. The van der Waals surface area contributed by atoms with E-state index in [0.29, 0.717) is 12.3 Å². The minimum atomic E-state index is -3.88. The summed E-state index contributed by atoms with van der Waals surface area (Å²) in [5, 5.41) is 12.5. The van der Waals surface area contributed by atoms with Crippen molar-refractivity contribution in [1.82, 2.24) is 4.72 Å². The third-order valence-electron chi connectivity index (χ3n) is 3.98. The van der Waals surface area contributed by atoms with E-state index in [4.69, 9.17) is 4.74 Å². The highest BCUT2D eigenvalue weighted by molar-refractivity contribution is 7.89. The van der Waals surface area contributed by atoms with E-state index >= 15 is 0 Å². The number of anilines is 1. The predicted octanol–water partition coefficient (Wildman–Crippen LogP) is 2.87. The second-order valence-electron chi connectivity index (χ2n) is 6.27. The molecule has 0 saturated heterocycles. The molecule has 2 aromatic carbocycles. The Balaban J connectivity index is 2.29. The van der Waals surface area contributed by atoms with Crippen molar-refractivity contribution in [3.63, 3.8) is 0 Å². The standard InChI is InChI=1S/C19H24N2O5S/c1-13(12-26-3)20-18-10-9-16(11-17(18)19(22)23)27(24,25)21-14(2)15-7-5-4-6-8-15/h4-11,13-14,20-21H,12H2,1-3H3,(H,22,23)/t13-,14+/m1/s1. The lowest BCUT2D eigenvalue weighted by Crippen LogP contribution is -2.27. The molecule has 0 amide bonds. The molecule has 0 heterocycles. The number of sulfonamides is 1. The van der Waals surface area contributed by atoms with Crippen LogP contribution in [0.3, 0.4) is 0 Å². The minimum absolute atomic E-state index is 0.104. The molecule has 2 aromatic rings. The maximum atomic E-state index is 12.7. The van der Waals surface area contributed by atoms with Crippen molar-refractivity contribution in [2.24, 2.45) is 0 Å². The average Bonchev–Trinajstić information content (AvgIpc) is 2.62. The zero-order chi connectivity index (χ0) is 20.0. The zero-order valence-electron chi connectivity index (χ0n) is 15.5. The number of rotatable bonds is 9. The average molecular weight is 392 g/mol. The Labute approximate surface area is 159 Å². The van der Waals surface area contributed by atoms with Gasteiger partial charge in [0.25, 0.3) is 0 Å². The van der Waals surface area contributed by atoms with Crippen LogP contribution in [0.4, 0.5) is 5.69 Å². The van der Waals surface area contributed by atoms with E-state index < -0.39 is 22.0 Å². The first kappa shape index (κ1) is 20.9. The summed E-state index contributed by atoms with van der Waals surface area (Å²) in [4.78, 5) is 11.5. The van der Waals surface area contributed by atoms with Gasteiger partial charge < -0.3 is 15.2 Å². The van der Waals surface area contributed by atoms with Crippen LogP contribution in [0.2, 0.25) is 0 Å². The van der Waals surface area contributed by atoms with Gasteiger partial charge in [0.05, 0.1) is 17.1 Å². The van der Waals surface area contributed by atoms with Gasteiger partial charge in [0, 0.05) is 24.9 Å². The summed E-state index contributed by atoms with van der Waals surface area (Å²) in [5.74, 6) is -1.21. The van der Waals surface area contributed by atoms with Crippen molar-refractivity contribution in [2.45, 2.75) is 30.8 Å². The molecule has 0 aliphatic rings. The quantitative estimate of drug-likeness (QED) is 0.606. The molecule has 0 aliphatic heterocycles. The highest BCUT2D eigenvalue weighted by atomic mass is 32.2. The summed E-state index contributed by atoms with van der Waals surface area (Å²) in [6, 6.07) is 12.5. The third-order valence-corrected chi connectivity index (χ3v) is 5.52. The van der Waals surface area contributed by atoms with Crippen LogP contribution in [-0.4, -0.2) is 39.3 Å². The lowest BCUT2D eigenvalue weighted by atomic mass is 10.1. The number of methoxy groups -OCH3 is 1. The van der Waals surface area contributed by atoms with Crippen LogP contribution < -0.4 is 10.0 Å². The molecule has 7 nitrogen and oxygen atoms in total. The van der Waals surface area contributed by atoms with E-state index in [0.717, 1.165) is 11.6 Å². The molecule has 8 heteroatoms. The van der Waals surface area contributed by atoms with Gasteiger partial charge in [-0.25, -0.2) is 17.9 Å². The Morgan fingerprint density at radius 3 is 2.41 bits per heavy atom. The summed E-state index contributed by atoms with van der Waals surface area (Å²) in [7, 11) is -2.34. The molecule has 0 aromatic heterocycles. The van der Waals surface area contributed by atoms with Gasteiger partial charge in [0.1, 0.15) is 0 Å². The number of aromatic carboxylic acids is 1. The molecule has 0 aliphatic carbocycles. The maximum Gasteiger partial charge on any atom is 0.337 e. The molecule has 2 rings (SSSR count). The summed E-state index contributed by atoms with van der Waals surface area (Å²) >= 11 is 0. The summed E-state index contributed by atoms with van der Waals surface area (Å²) in [5.41, 5.74) is 1.03. The highest BCUT2D eigenvalue weighted by Gasteiger charge is 2.22. The Kier molecular flexibility index (Phi) is 6.95. The summed E-state index contributed by atoms with van der Waals surface area (Å²) in [6.45, 7) is 3.95. The fourth-order valence-electron chi connectivity index (χ4n) is 2.66. The second-order valence-corrected chi connectivity index (χ2v) is 7.98. The van der Waals surface area contributed by atoms with E-state index in [1.165, 1.54) is 12.1 Å². The van der Waals surface area contributed by atoms with Gasteiger partial charge in [-0.05, 0) is 37.6 Å². The third kappa shape index (κ3) is 5.53. The van der Waals surface area contributed by atoms with Gasteiger partial charge in [0.2, 0.25) is 10.0 Å². The van der Waals surface area contributed by atoms with E-state index in [2.05, 4.69) is 10.0 Å². The molecule has 0 radical (unpaired) electrons. The number of carboxylic acids is 1. The molecule has 0 fully saturated rings. The number of hydrogen-bond acceptors (Lipinski definition) is 5.